The molecule has 44 heavy (non-hydrogen) atoms. The van der Waals surface area contributed by atoms with Crippen LogP contribution in [0.15, 0.2) is 9.98 Å². The van der Waals surface area contributed by atoms with Crippen molar-refractivity contribution >= 4 is 24.0 Å². The Labute approximate surface area is 262 Å². The van der Waals surface area contributed by atoms with E-state index in [0.717, 1.165) is 113 Å². The largest absolute Gasteiger partial charge is 0.370 e. The number of rotatable bonds is 8. The predicted octanol–water partition coefficient (Wildman–Crippen LogP) is 1.77. The van der Waals surface area contributed by atoms with Crippen molar-refractivity contribution in [3.63, 3.8) is 0 Å². The average molecular weight is 611 g/mol. The van der Waals surface area contributed by atoms with Crippen LogP contribution in [0.25, 0.3) is 0 Å². The zero-order valence-corrected chi connectivity index (χ0v) is 26.4. The van der Waals surface area contributed by atoms with E-state index in [1.54, 1.807) is 0 Å². The maximum Gasteiger partial charge on any atom is 0.344 e. The van der Waals surface area contributed by atoms with E-state index in [-0.39, 0.29) is 35.1 Å². The molecule has 8 bridgehead atoms. The van der Waals surface area contributed by atoms with Crippen LogP contribution in [0, 0.1) is 35.5 Å². The molecule has 0 aromatic heterocycles. The number of carbonyl (C=O) groups is 2. The summed E-state index contributed by atoms with van der Waals surface area (Å²) >= 11 is 0. The van der Waals surface area contributed by atoms with Crippen LogP contribution in [0.3, 0.4) is 0 Å². The van der Waals surface area contributed by atoms with Crippen molar-refractivity contribution in [1.29, 1.82) is 0 Å². The lowest BCUT2D eigenvalue weighted by molar-refractivity contribution is -0.0132. The molecule has 244 valence electrons. The molecular formula is C32H54N10O2. The smallest absolute Gasteiger partial charge is 0.344 e. The van der Waals surface area contributed by atoms with Crippen LogP contribution in [-0.2, 0) is 0 Å². The van der Waals surface area contributed by atoms with Gasteiger partial charge in [-0.1, -0.05) is 0 Å². The van der Waals surface area contributed by atoms with Gasteiger partial charge in [0.15, 0.2) is 11.9 Å². The zero-order chi connectivity index (χ0) is 30.3. The van der Waals surface area contributed by atoms with Gasteiger partial charge in [0.1, 0.15) is 0 Å². The van der Waals surface area contributed by atoms with Gasteiger partial charge < -0.3 is 32.7 Å². The number of hydrogen-bond donors (Lipinski definition) is 6. The summed E-state index contributed by atoms with van der Waals surface area (Å²) in [4.78, 5) is 38.4. The molecule has 1 heterocycles. The Bertz CT molecular complexity index is 987. The number of nitrogens with two attached hydrogens (primary N) is 2. The van der Waals surface area contributed by atoms with Gasteiger partial charge in [-0.05, 0) is 113 Å². The van der Waals surface area contributed by atoms with E-state index >= 15 is 0 Å². The van der Waals surface area contributed by atoms with Crippen LogP contribution in [0.2, 0.25) is 0 Å². The van der Waals surface area contributed by atoms with Crippen molar-refractivity contribution < 1.29 is 9.59 Å². The third-order valence-electron chi connectivity index (χ3n) is 12.2. The standard InChI is InChI=1S/C32H54N10O2/c33-27(37-29(43)39-31-15-21-9-22(16-31)11-23(10-21)17-31)35-1-3-41-5-7-42(8-6-41)4-2-36-28(34)38-30(44)40-32-18-24-12-25(19-32)14-26(13-24)20-32/h21-26H,1-20H2,(H4,33,35,37,39,43)(H4,34,36,38,40,44). The van der Waals surface area contributed by atoms with Gasteiger partial charge in [0.2, 0.25) is 0 Å². The van der Waals surface area contributed by atoms with Crippen LogP contribution >= 0.6 is 0 Å². The molecule has 0 atom stereocenters. The number of guanidine groups is 2. The number of piperazine rings is 1. The van der Waals surface area contributed by atoms with Crippen molar-refractivity contribution in [2.45, 2.75) is 88.1 Å². The number of carbonyl (C=O) groups excluding carboxylic acids is 2. The van der Waals surface area contributed by atoms with Crippen LogP contribution < -0.4 is 32.7 Å². The SMILES string of the molecule is NC(=NC(=O)NC12CC3CC(CC(C3)C1)C2)NCCN1CCN(CCNC(N)=NC(=O)NC23CC4CC(CC(C4)C2)C3)CC1. The Hall–Kier alpha value is -2.60. The predicted molar refractivity (Wildman–Crippen MR) is 171 cm³/mol. The first-order valence-corrected chi connectivity index (χ1v) is 17.5. The molecule has 8 saturated carbocycles. The second-order valence-corrected chi connectivity index (χ2v) is 15.8. The summed E-state index contributed by atoms with van der Waals surface area (Å²) in [5.74, 6) is 5.05. The molecule has 12 nitrogen and oxygen atoms in total. The minimum absolute atomic E-state index is 0.0499. The minimum atomic E-state index is -0.298. The van der Waals surface area contributed by atoms with Crippen LogP contribution in [0.4, 0.5) is 9.59 Å². The molecule has 1 aliphatic heterocycles. The van der Waals surface area contributed by atoms with E-state index in [4.69, 9.17) is 11.5 Å². The van der Waals surface area contributed by atoms with Crippen molar-refractivity contribution in [1.82, 2.24) is 31.1 Å². The summed E-state index contributed by atoms with van der Waals surface area (Å²) in [5, 5.41) is 12.8. The van der Waals surface area contributed by atoms with Crippen LogP contribution in [0.1, 0.15) is 77.0 Å². The molecule has 0 radical (unpaired) electrons. The molecule has 1 saturated heterocycles. The van der Waals surface area contributed by atoms with Crippen molar-refractivity contribution in [3.8, 4) is 0 Å². The summed E-state index contributed by atoms with van der Waals surface area (Å²) in [6, 6.07) is -0.596. The minimum Gasteiger partial charge on any atom is -0.370 e. The average Bonchev–Trinajstić information content (AvgIpc) is 2.91. The third kappa shape index (κ3) is 6.95. The van der Waals surface area contributed by atoms with Gasteiger partial charge in [-0.3, -0.25) is 9.80 Å². The Kier molecular flexibility index (Phi) is 8.41. The van der Waals surface area contributed by atoms with Gasteiger partial charge in [0.25, 0.3) is 0 Å². The maximum atomic E-state index is 12.7. The summed E-state index contributed by atoms with van der Waals surface area (Å²) in [6.45, 7) is 6.84. The lowest BCUT2D eigenvalue weighted by atomic mass is 9.53. The molecule has 0 aromatic rings. The molecule has 8 N–H and O–H groups in total. The topological polar surface area (TPSA) is 165 Å². The first-order chi connectivity index (χ1) is 21.2. The second-order valence-electron chi connectivity index (χ2n) is 15.8. The van der Waals surface area contributed by atoms with Gasteiger partial charge in [0, 0.05) is 63.4 Å². The molecule has 0 spiro atoms. The van der Waals surface area contributed by atoms with Gasteiger partial charge in [-0.2, -0.15) is 9.98 Å². The molecule has 0 aromatic carbocycles. The first-order valence-electron chi connectivity index (χ1n) is 17.5. The molecule has 4 amide bonds. The number of nitrogens with zero attached hydrogens (tertiary/aromatic N) is 4. The van der Waals surface area contributed by atoms with Crippen molar-refractivity contribution in [2.24, 2.45) is 57.0 Å². The fraction of sp³-hybridized carbons (Fsp3) is 0.875. The fourth-order valence-corrected chi connectivity index (χ4v) is 11.3. The fourth-order valence-electron chi connectivity index (χ4n) is 11.3. The second kappa shape index (κ2) is 12.3. The molecule has 8 aliphatic carbocycles. The van der Waals surface area contributed by atoms with Gasteiger partial charge in [-0.15, -0.1) is 0 Å². The lowest BCUT2D eigenvalue weighted by Gasteiger charge is -2.56. The normalized spacial score (nSPS) is 39.8. The number of nitrogens with one attached hydrogen (secondary N) is 4. The quantitative estimate of drug-likeness (QED) is 0.179. The van der Waals surface area contributed by atoms with Crippen molar-refractivity contribution in [2.75, 3.05) is 52.4 Å². The summed E-state index contributed by atoms with van der Waals surface area (Å²) in [7, 11) is 0. The highest BCUT2D eigenvalue weighted by Crippen LogP contribution is 2.56. The molecule has 12 heteroatoms. The number of aliphatic imine (C=N–C) groups is 2. The van der Waals surface area contributed by atoms with Gasteiger partial charge >= 0.3 is 12.1 Å². The van der Waals surface area contributed by atoms with E-state index in [0.29, 0.717) is 13.1 Å². The van der Waals surface area contributed by atoms with Crippen molar-refractivity contribution in [3.05, 3.63) is 0 Å². The Balaban J connectivity index is 0.756. The first kappa shape index (κ1) is 30.1. The monoisotopic (exact) mass is 610 g/mol. The summed E-state index contributed by atoms with van der Waals surface area (Å²) in [6.07, 6.45) is 14.7. The molecular weight excluding hydrogens is 556 g/mol. The van der Waals surface area contributed by atoms with Gasteiger partial charge in [-0.25, -0.2) is 9.59 Å². The number of amides is 4. The highest BCUT2D eigenvalue weighted by Gasteiger charge is 2.52. The van der Waals surface area contributed by atoms with E-state index in [1.807, 2.05) is 0 Å². The van der Waals surface area contributed by atoms with Crippen LogP contribution in [0.5, 0.6) is 0 Å². The van der Waals surface area contributed by atoms with Gasteiger partial charge in [0.05, 0.1) is 0 Å². The highest BCUT2D eigenvalue weighted by atomic mass is 16.2. The number of urea groups is 2. The summed E-state index contributed by atoms with van der Waals surface area (Å²) in [5.41, 5.74) is 12.0. The maximum absolute atomic E-state index is 12.7. The third-order valence-corrected chi connectivity index (χ3v) is 12.2. The lowest BCUT2D eigenvalue weighted by Crippen LogP contribution is -2.59. The highest BCUT2D eigenvalue weighted by molar-refractivity contribution is 5.92. The zero-order valence-electron chi connectivity index (χ0n) is 26.4. The molecule has 9 rings (SSSR count). The Morgan fingerprint density at radius 3 is 1.16 bits per heavy atom. The molecule has 9 fully saturated rings. The Morgan fingerprint density at radius 2 is 0.864 bits per heavy atom. The van der Waals surface area contributed by atoms with E-state index in [2.05, 4.69) is 41.1 Å². The van der Waals surface area contributed by atoms with E-state index < -0.39 is 0 Å². The van der Waals surface area contributed by atoms with E-state index in [9.17, 15) is 9.59 Å². The summed E-state index contributed by atoms with van der Waals surface area (Å²) < 4.78 is 0. The van der Waals surface area contributed by atoms with Crippen LogP contribution in [-0.4, -0.2) is 97.2 Å². The number of hydrogen-bond acceptors (Lipinski definition) is 4. The Morgan fingerprint density at radius 1 is 0.568 bits per heavy atom. The molecule has 9 aliphatic rings. The van der Waals surface area contributed by atoms with E-state index in [1.165, 1.54) is 38.5 Å². The molecule has 0 unspecified atom stereocenters.